The van der Waals surface area contributed by atoms with Gasteiger partial charge in [-0.2, -0.15) is 0 Å². The van der Waals surface area contributed by atoms with Crippen molar-refractivity contribution >= 4 is 0 Å². The van der Waals surface area contributed by atoms with E-state index < -0.39 is 37.3 Å². The maximum Gasteiger partial charge on any atom is 0.183 e. The molecule has 1 heterocycles. The first kappa shape index (κ1) is 11.8. The van der Waals surface area contributed by atoms with Crippen molar-refractivity contribution in [3.63, 3.8) is 0 Å². The van der Waals surface area contributed by atoms with E-state index in [4.69, 9.17) is 9.84 Å². The molecule has 1 saturated heterocycles. The Labute approximate surface area is 82.3 Å². The lowest BCUT2D eigenvalue weighted by atomic mass is 9.95. The van der Waals surface area contributed by atoms with Crippen LogP contribution in [0.25, 0.3) is 0 Å². The van der Waals surface area contributed by atoms with Crippen LogP contribution in [-0.2, 0) is 4.74 Å². The van der Waals surface area contributed by atoms with E-state index in [0.717, 1.165) is 0 Å². The fourth-order valence-corrected chi connectivity index (χ4v) is 1.69. The summed E-state index contributed by atoms with van der Waals surface area (Å²) in [7, 11) is 3.34. The third kappa shape index (κ3) is 2.05. The van der Waals surface area contributed by atoms with Crippen LogP contribution in [0.2, 0.25) is 0 Å². The highest BCUT2D eigenvalue weighted by Gasteiger charge is 2.44. The van der Waals surface area contributed by atoms with Gasteiger partial charge in [-0.15, -0.1) is 0 Å². The average molecular weight is 207 g/mol. The number of likely N-dealkylation sites (N-methyl/N-ethyl adjacent to an activating group) is 1. The standard InChI is InChI=1S/C8H17NO5/c1-9(2)5-6(11)4(3-10)14-8(13)7(5)12/h4-8,10-13H,3H2,1-2H3/t4-,5?,6?,7?,8-/m1/s1. The van der Waals surface area contributed by atoms with E-state index in [1.165, 1.54) is 0 Å². The van der Waals surface area contributed by atoms with Crippen LogP contribution in [0.15, 0.2) is 0 Å². The third-order valence-corrected chi connectivity index (χ3v) is 2.46. The van der Waals surface area contributed by atoms with E-state index in [-0.39, 0.29) is 0 Å². The van der Waals surface area contributed by atoms with Crippen molar-refractivity contribution in [2.24, 2.45) is 0 Å². The summed E-state index contributed by atoms with van der Waals surface area (Å²) in [6.45, 7) is -0.394. The zero-order valence-electron chi connectivity index (χ0n) is 8.24. The average Bonchev–Trinajstić information content (AvgIpc) is 2.11. The summed E-state index contributed by atoms with van der Waals surface area (Å²) in [5.41, 5.74) is 0. The number of rotatable bonds is 2. The second-order valence-corrected chi connectivity index (χ2v) is 3.68. The van der Waals surface area contributed by atoms with Crippen LogP contribution in [-0.4, -0.2) is 76.7 Å². The molecule has 1 aliphatic rings. The number of ether oxygens (including phenoxy) is 1. The summed E-state index contributed by atoms with van der Waals surface area (Å²) in [6, 6.07) is -0.643. The number of aliphatic hydroxyl groups excluding tert-OH is 4. The lowest BCUT2D eigenvalue weighted by molar-refractivity contribution is -0.272. The van der Waals surface area contributed by atoms with Gasteiger partial charge in [-0.1, -0.05) is 0 Å². The molecule has 1 fully saturated rings. The van der Waals surface area contributed by atoms with Crippen molar-refractivity contribution < 1.29 is 25.2 Å². The SMILES string of the molecule is CN(C)C1C(O)[C@H](O)O[C@H](CO)C1O. The smallest absolute Gasteiger partial charge is 0.183 e. The molecule has 4 N–H and O–H groups in total. The van der Waals surface area contributed by atoms with E-state index in [0.29, 0.717) is 0 Å². The van der Waals surface area contributed by atoms with Crippen molar-refractivity contribution in [1.29, 1.82) is 0 Å². The van der Waals surface area contributed by atoms with Gasteiger partial charge in [0.15, 0.2) is 6.29 Å². The lowest BCUT2D eigenvalue weighted by Crippen LogP contribution is -2.63. The zero-order chi connectivity index (χ0) is 10.9. The molecule has 0 radical (unpaired) electrons. The van der Waals surface area contributed by atoms with Crippen LogP contribution in [0.1, 0.15) is 0 Å². The summed E-state index contributed by atoms with van der Waals surface area (Å²) in [5.74, 6) is 0. The van der Waals surface area contributed by atoms with E-state index in [1.54, 1.807) is 19.0 Å². The van der Waals surface area contributed by atoms with Crippen molar-refractivity contribution in [3.8, 4) is 0 Å². The number of aliphatic hydroxyl groups is 4. The van der Waals surface area contributed by atoms with Crippen molar-refractivity contribution in [2.45, 2.75) is 30.6 Å². The second-order valence-electron chi connectivity index (χ2n) is 3.68. The monoisotopic (exact) mass is 207 g/mol. The predicted molar refractivity (Wildman–Crippen MR) is 47.5 cm³/mol. The molecule has 0 spiro atoms. The molecule has 0 saturated carbocycles. The number of nitrogens with zero attached hydrogens (tertiary/aromatic N) is 1. The lowest BCUT2D eigenvalue weighted by Gasteiger charge is -2.43. The molecule has 14 heavy (non-hydrogen) atoms. The topological polar surface area (TPSA) is 93.4 Å². The highest BCUT2D eigenvalue weighted by atomic mass is 16.6. The van der Waals surface area contributed by atoms with Gasteiger partial charge in [0.05, 0.1) is 12.6 Å². The largest absolute Gasteiger partial charge is 0.394 e. The first-order valence-electron chi connectivity index (χ1n) is 4.46. The van der Waals surface area contributed by atoms with E-state index >= 15 is 0 Å². The Bertz CT molecular complexity index is 189. The normalized spacial score (nSPS) is 44.4. The Morgan fingerprint density at radius 1 is 1.14 bits per heavy atom. The first-order valence-corrected chi connectivity index (χ1v) is 4.46. The van der Waals surface area contributed by atoms with E-state index in [2.05, 4.69) is 0 Å². The minimum atomic E-state index is -1.37. The Balaban J connectivity index is 2.78. The van der Waals surface area contributed by atoms with Crippen LogP contribution in [0.4, 0.5) is 0 Å². The van der Waals surface area contributed by atoms with Crippen molar-refractivity contribution in [2.75, 3.05) is 20.7 Å². The van der Waals surface area contributed by atoms with E-state index in [1.807, 2.05) is 0 Å². The molecule has 1 aliphatic heterocycles. The molecule has 6 heteroatoms. The number of hydrogen-bond acceptors (Lipinski definition) is 6. The van der Waals surface area contributed by atoms with Gasteiger partial charge in [0.1, 0.15) is 18.3 Å². The second kappa shape index (κ2) is 4.52. The van der Waals surface area contributed by atoms with Crippen LogP contribution in [0.5, 0.6) is 0 Å². The molecule has 0 amide bonds. The summed E-state index contributed by atoms with van der Waals surface area (Å²) in [5, 5.41) is 37.4. The quantitative estimate of drug-likeness (QED) is 0.395. The maximum absolute atomic E-state index is 9.69. The molecule has 84 valence electrons. The summed E-state index contributed by atoms with van der Waals surface area (Å²) < 4.78 is 4.82. The van der Waals surface area contributed by atoms with Crippen LogP contribution < -0.4 is 0 Å². The molecule has 0 aliphatic carbocycles. The summed E-state index contributed by atoms with van der Waals surface area (Å²) >= 11 is 0. The number of hydrogen-bond donors (Lipinski definition) is 4. The zero-order valence-corrected chi connectivity index (χ0v) is 8.24. The Kier molecular flexibility index (Phi) is 3.82. The molecular weight excluding hydrogens is 190 g/mol. The van der Waals surface area contributed by atoms with Gasteiger partial charge >= 0.3 is 0 Å². The van der Waals surface area contributed by atoms with E-state index in [9.17, 15) is 15.3 Å². The molecule has 0 aromatic carbocycles. The molecule has 5 atom stereocenters. The van der Waals surface area contributed by atoms with Gasteiger partial charge in [0, 0.05) is 0 Å². The Hall–Kier alpha value is -0.240. The minimum absolute atomic E-state index is 0.394. The van der Waals surface area contributed by atoms with Gasteiger partial charge in [-0.05, 0) is 14.1 Å². The fraction of sp³-hybridized carbons (Fsp3) is 1.00. The van der Waals surface area contributed by atoms with Gasteiger partial charge in [0.2, 0.25) is 0 Å². The molecule has 6 nitrogen and oxygen atoms in total. The van der Waals surface area contributed by atoms with Gasteiger partial charge in [0.25, 0.3) is 0 Å². The van der Waals surface area contributed by atoms with Crippen LogP contribution in [0.3, 0.4) is 0 Å². The van der Waals surface area contributed by atoms with Crippen molar-refractivity contribution in [1.82, 2.24) is 4.90 Å². The molecule has 0 aromatic rings. The maximum atomic E-state index is 9.69. The van der Waals surface area contributed by atoms with Crippen LogP contribution >= 0.6 is 0 Å². The summed E-state index contributed by atoms with van der Waals surface area (Å²) in [6.07, 6.45) is -4.43. The minimum Gasteiger partial charge on any atom is -0.394 e. The highest BCUT2D eigenvalue weighted by molar-refractivity contribution is 4.93. The third-order valence-electron chi connectivity index (χ3n) is 2.46. The van der Waals surface area contributed by atoms with Gasteiger partial charge in [-0.25, -0.2) is 0 Å². The van der Waals surface area contributed by atoms with Crippen molar-refractivity contribution in [3.05, 3.63) is 0 Å². The first-order chi connectivity index (χ1) is 6.49. The Morgan fingerprint density at radius 2 is 1.71 bits per heavy atom. The summed E-state index contributed by atoms with van der Waals surface area (Å²) in [4.78, 5) is 1.59. The Morgan fingerprint density at radius 3 is 2.14 bits per heavy atom. The molecule has 1 rings (SSSR count). The molecule has 3 unspecified atom stereocenters. The highest BCUT2D eigenvalue weighted by Crippen LogP contribution is 2.22. The molecular formula is C8H17NO5. The molecule has 0 bridgehead atoms. The fourth-order valence-electron chi connectivity index (χ4n) is 1.69. The van der Waals surface area contributed by atoms with Crippen LogP contribution in [0, 0.1) is 0 Å². The van der Waals surface area contributed by atoms with Gasteiger partial charge < -0.3 is 30.1 Å². The van der Waals surface area contributed by atoms with Gasteiger partial charge in [-0.3, -0.25) is 0 Å². The molecule has 0 aromatic heterocycles. The predicted octanol–water partition coefficient (Wildman–Crippen LogP) is -2.65.